The van der Waals surface area contributed by atoms with E-state index in [1.807, 2.05) is 0 Å². The molecule has 0 radical (unpaired) electrons. The Hall–Kier alpha value is -3.76. The SMILES string of the molecule is Cc1ccc(-c2ccc(/C=C3\SC(=O)N(Cc4cc5c(cc4Cl)OCO5)C3=O)o2)cc1[N+](=O)[O-]. The number of nitro groups is 1. The van der Waals surface area contributed by atoms with Gasteiger partial charge in [-0.2, -0.15) is 0 Å². The van der Waals surface area contributed by atoms with Crippen LogP contribution in [0.5, 0.6) is 11.5 Å². The molecule has 0 aliphatic carbocycles. The summed E-state index contributed by atoms with van der Waals surface area (Å²) in [5.74, 6) is 1.27. The highest BCUT2D eigenvalue weighted by Gasteiger charge is 2.36. The Bertz CT molecular complexity index is 1400. The van der Waals surface area contributed by atoms with E-state index in [1.165, 1.54) is 12.1 Å². The number of carbonyl (C=O) groups excluding carboxylic acids is 2. The molecule has 2 aliphatic heterocycles. The number of nitrogens with zero attached hydrogens (tertiary/aromatic N) is 2. The summed E-state index contributed by atoms with van der Waals surface area (Å²) in [4.78, 5) is 37.5. The number of halogens is 1. The fraction of sp³-hybridized carbons (Fsp3) is 0.130. The van der Waals surface area contributed by atoms with Gasteiger partial charge < -0.3 is 13.9 Å². The molecular formula is C23H15ClN2O7S. The Morgan fingerprint density at radius 2 is 1.91 bits per heavy atom. The Balaban J connectivity index is 1.36. The average molecular weight is 499 g/mol. The minimum Gasteiger partial charge on any atom is -0.457 e. The zero-order valence-electron chi connectivity index (χ0n) is 17.6. The molecule has 0 spiro atoms. The van der Waals surface area contributed by atoms with Crippen LogP contribution >= 0.6 is 23.4 Å². The lowest BCUT2D eigenvalue weighted by molar-refractivity contribution is -0.385. The second kappa shape index (κ2) is 8.54. The van der Waals surface area contributed by atoms with Gasteiger partial charge in [0.15, 0.2) is 11.5 Å². The zero-order valence-corrected chi connectivity index (χ0v) is 19.1. The molecule has 3 aromatic rings. The summed E-state index contributed by atoms with van der Waals surface area (Å²) in [5.41, 5.74) is 1.61. The lowest BCUT2D eigenvalue weighted by Gasteiger charge is -2.14. The number of carbonyl (C=O) groups is 2. The summed E-state index contributed by atoms with van der Waals surface area (Å²) in [6.45, 7) is 1.72. The van der Waals surface area contributed by atoms with Gasteiger partial charge in [0.25, 0.3) is 16.8 Å². The molecule has 2 aliphatic rings. The molecule has 0 bridgehead atoms. The average Bonchev–Trinajstić information content (AvgIpc) is 3.51. The first-order valence-corrected chi connectivity index (χ1v) is 11.2. The predicted octanol–water partition coefficient (Wildman–Crippen LogP) is 5.78. The molecule has 34 heavy (non-hydrogen) atoms. The molecular weight excluding hydrogens is 484 g/mol. The maximum absolute atomic E-state index is 12.9. The topological polar surface area (TPSA) is 112 Å². The van der Waals surface area contributed by atoms with Gasteiger partial charge in [-0.3, -0.25) is 24.6 Å². The number of imide groups is 1. The van der Waals surface area contributed by atoms with Gasteiger partial charge in [-0.05, 0) is 42.4 Å². The number of amides is 2. The number of aryl methyl sites for hydroxylation is 1. The number of ether oxygens (including phenoxy) is 2. The van der Waals surface area contributed by atoms with Crippen molar-refractivity contribution in [3.8, 4) is 22.8 Å². The predicted molar refractivity (Wildman–Crippen MR) is 125 cm³/mol. The van der Waals surface area contributed by atoms with E-state index >= 15 is 0 Å². The van der Waals surface area contributed by atoms with Gasteiger partial charge in [0.2, 0.25) is 6.79 Å². The molecule has 2 aromatic carbocycles. The van der Waals surface area contributed by atoms with E-state index in [2.05, 4.69) is 0 Å². The van der Waals surface area contributed by atoms with Crippen LogP contribution in [0.3, 0.4) is 0 Å². The minimum absolute atomic E-state index is 0.0150. The number of thioether (sulfide) groups is 1. The van der Waals surface area contributed by atoms with Crippen molar-refractivity contribution in [2.75, 3.05) is 6.79 Å². The third-order valence-electron chi connectivity index (χ3n) is 5.33. The van der Waals surface area contributed by atoms with Crippen LogP contribution in [0.2, 0.25) is 5.02 Å². The molecule has 0 atom stereocenters. The van der Waals surface area contributed by atoms with Crippen molar-refractivity contribution in [2.24, 2.45) is 0 Å². The fourth-order valence-electron chi connectivity index (χ4n) is 3.56. The molecule has 1 saturated heterocycles. The Labute approximate surface area is 202 Å². The fourth-order valence-corrected chi connectivity index (χ4v) is 4.59. The number of benzene rings is 2. The molecule has 5 rings (SSSR count). The molecule has 3 heterocycles. The Morgan fingerprint density at radius 3 is 2.68 bits per heavy atom. The van der Waals surface area contributed by atoms with Crippen LogP contribution in [-0.2, 0) is 11.3 Å². The third-order valence-corrected chi connectivity index (χ3v) is 6.59. The number of furan rings is 1. The Kier molecular flexibility index (Phi) is 5.54. The van der Waals surface area contributed by atoms with Gasteiger partial charge in [-0.25, -0.2) is 0 Å². The van der Waals surface area contributed by atoms with Crippen LogP contribution in [-0.4, -0.2) is 27.8 Å². The number of hydrogen-bond donors (Lipinski definition) is 0. The normalized spacial score (nSPS) is 16.1. The standard InChI is InChI=1S/C23H15ClN2O7S/c1-12-2-3-13(6-17(12)26(29)30)18-5-4-15(33-18)8-21-22(27)25(23(28)34-21)10-14-7-19-20(9-16(14)24)32-11-31-19/h2-9H,10-11H2,1H3/b21-8-. The molecule has 0 N–H and O–H groups in total. The van der Waals surface area contributed by atoms with Crippen LogP contribution in [0.1, 0.15) is 16.9 Å². The van der Waals surface area contributed by atoms with Gasteiger partial charge in [0.05, 0.1) is 16.4 Å². The highest BCUT2D eigenvalue weighted by atomic mass is 35.5. The summed E-state index contributed by atoms with van der Waals surface area (Å²) >= 11 is 7.08. The summed E-state index contributed by atoms with van der Waals surface area (Å²) in [6, 6.07) is 11.3. The summed E-state index contributed by atoms with van der Waals surface area (Å²) in [7, 11) is 0. The quantitative estimate of drug-likeness (QED) is 0.247. The van der Waals surface area contributed by atoms with E-state index < -0.39 is 16.1 Å². The van der Waals surface area contributed by atoms with E-state index in [4.69, 9.17) is 25.5 Å². The highest BCUT2D eigenvalue weighted by Crippen LogP contribution is 2.39. The lowest BCUT2D eigenvalue weighted by Crippen LogP contribution is -2.27. The van der Waals surface area contributed by atoms with E-state index in [0.29, 0.717) is 44.7 Å². The maximum Gasteiger partial charge on any atom is 0.293 e. The minimum atomic E-state index is -0.479. The molecule has 1 fully saturated rings. The molecule has 2 amide bonds. The molecule has 172 valence electrons. The summed E-state index contributed by atoms with van der Waals surface area (Å²) in [5, 5.41) is 11.1. The smallest absolute Gasteiger partial charge is 0.293 e. The van der Waals surface area contributed by atoms with E-state index in [0.717, 1.165) is 16.7 Å². The van der Waals surface area contributed by atoms with E-state index in [-0.39, 0.29) is 23.9 Å². The van der Waals surface area contributed by atoms with Crippen molar-refractivity contribution in [2.45, 2.75) is 13.5 Å². The van der Waals surface area contributed by atoms with Crippen molar-refractivity contribution in [3.05, 3.63) is 79.4 Å². The van der Waals surface area contributed by atoms with E-state index in [9.17, 15) is 19.7 Å². The largest absolute Gasteiger partial charge is 0.457 e. The van der Waals surface area contributed by atoms with Crippen molar-refractivity contribution in [1.82, 2.24) is 4.90 Å². The van der Waals surface area contributed by atoms with E-state index in [1.54, 1.807) is 43.3 Å². The van der Waals surface area contributed by atoms with Crippen LogP contribution in [0.4, 0.5) is 10.5 Å². The molecule has 11 heteroatoms. The molecule has 9 nitrogen and oxygen atoms in total. The first-order chi connectivity index (χ1) is 16.3. The number of nitro benzene ring substituents is 1. The summed E-state index contributed by atoms with van der Waals surface area (Å²) < 4.78 is 16.4. The van der Waals surface area contributed by atoms with Crippen LogP contribution in [0.25, 0.3) is 17.4 Å². The number of rotatable bonds is 5. The molecule has 0 unspecified atom stereocenters. The van der Waals surface area contributed by atoms with Gasteiger partial charge >= 0.3 is 0 Å². The monoisotopic (exact) mass is 498 g/mol. The lowest BCUT2D eigenvalue weighted by atomic mass is 10.1. The maximum atomic E-state index is 12.9. The van der Waals surface area contributed by atoms with Gasteiger partial charge in [-0.1, -0.05) is 23.7 Å². The van der Waals surface area contributed by atoms with Crippen molar-refractivity contribution in [1.29, 1.82) is 0 Å². The second-order valence-electron chi connectivity index (χ2n) is 7.53. The van der Waals surface area contributed by atoms with Crippen LogP contribution < -0.4 is 9.47 Å². The van der Waals surface area contributed by atoms with Crippen LogP contribution in [0.15, 0.2) is 51.8 Å². The first kappa shape index (κ1) is 22.1. The summed E-state index contributed by atoms with van der Waals surface area (Å²) in [6.07, 6.45) is 1.47. The third kappa shape index (κ3) is 4.02. The first-order valence-electron chi connectivity index (χ1n) is 9.99. The second-order valence-corrected chi connectivity index (χ2v) is 8.93. The number of hydrogen-bond acceptors (Lipinski definition) is 8. The van der Waals surface area contributed by atoms with Crippen molar-refractivity contribution in [3.63, 3.8) is 0 Å². The van der Waals surface area contributed by atoms with Gasteiger partial charge in [0, 0.05) is 34.4 Å². The van der Waals surface area contributed by atoms with Gasteiger partial charge in [0.1, 0.15) is 11.5 Å². The highest BCUT2D eigenvalue weighted by molar-refractivity contribution is 8.18. The zero-order chi connectivity index (χ0) is 24.0. The number of fused-ring (bicyclic) bond motifs is 1. The van der Waals surface area contributed by atoms with Crippen molar-refractivity contribution < 1.29 is 28.4 Å². The molecule has 1 aromatic heterocycles. The van der Waals surface area contributed by atoms with Gasteiger partial charge in [-0.15, -0.1) is 0 Å². The Morgan fingerprint density at radius 1 is 1.15 bits per heavy atom. The van der Waals surface area contributed by atoms with Crippen LogP contribution in [0, 0.1) is 17.0 Å². The van der Waals surface area contributed by atoms with Crippen molar-refractivity contribution >= 4 is 46.3 Å². The molecule has 0 saturated carbocycles.